The molecule has 0 bridgehead atoms. The lowest BCUT2D eigenvalue weighted by Gasteiger charge is -2.11. The largest absolute Gasteiger partial charge is 0.405 e. The van der Waals surface area contributed by atoms with Gasteiger partial charge in [-0.3, -0.25) is 0 Å². The molecular formula is C9H7BrF4N2O. The monoisotopic (exact) mass is 314 g/mol. The number of benzene rings is 1. The topological polar surface area (TPSA) is 41.1 Å². The average molecular weight is 315 g/mol. The molecule has 0 atom stereocenters. The fraction of sp³-hybridized carbons (Fsp3) is 0.222. The van der Waals surface area contributed by atoms with Crippen LogP contribution in [0.5, 0.6) is 0 Å². The van der Waals surface area contributed by atoms with Gasteiger partial charge in [-0.15, -0.1) is 0 Å². The van der Waals surface area contributed by atoms with Crippen LogP contribution in [0.1, 0.15) is 0 Å². The molecule has 0 radical (unpaired) electrons. The maximum Gasteiger partial charge on any atom is 0.405 e. The first-order valence-corrected chi connectivity index (χ1v) is 5.14. The van der Waals surface area contributed by atoms with Crippen molar-refractivity contribution in [3.63, 3.8) is 0 Å². The summed E-state index contributed by atoms with van der Waals surface area (Å²) < 4.78 is 48.8. The Morgan fingerprint density at radius 3 is 2.53 bits per heavy atom. The van der Waals surface area contributed by atoms with Gasteiger partial charge >= 0.3 is 12.2 Å². The zero-order valence-electron chi connectivity index (χ0n) is 8.24. The van der Waals surface area contributed by atoms with Crippen molar-refractivity contribution in [2.45, 2.75) is 6.18 Å². The lowest BCUT2D eigenvalue weighted by Crippen LogP contribution is -2.36. The number of hydrogen-bond acceptors (Lipinski definition) is 1. The highest BCUT2D eigenvalue weighted by Crippen LogP contribution is 2.24. The van der Waals surface area contributed by atoms with Crippen LogP contribution in [0.25, 0.3) is 0 Å². The van der Waals surface area contributed by atoms with Crippen LogP contribution < -0.4 is 10.6 Å². The van der Waals surface area contributed by atoms with Crippen LogP contribution in [0, 0.1) is 5.82 Å². The van der Waals surface area contributed by atoms with Crippen LogP contribution in [0.2, 0.25) is 0 Å². The van der Waals surface area contributed by atoms with Crippen molar-refractivity contribution in [1.29, 1.82) is 0 Å². The maximum atomic E-state index is 13.2. The summed E-state index contributed by atoms with van der Waals surface area (Å²) in [6.07, 6.45) is -4.51. The molecule has 0 aromatic heterocycles. The molecule has 94 valence electrons. The van der Waals surface area contributed by atoms with Gasteiger partial charge in [-0.1, -0.05) is 6.07 Å². The van der Waals surface area contributed by atoms with Gasteiger partial charge in [-0.05, 0) is 28.1 Å². The van der Waals surface area contributed by atoms with Gasteiger partial charge in [-0.2, -0.15) is 13.2 Å². The standard InChI is InChI=1S/C9H7BrF4N2O/c10-5-2-1-3-6(11)7(5)16-8(17)15-4-9(12,13)14/h1-3H,4H2,(H2,15,16,17). The van der Waals surface area contributed by atoms with Gasteiger partial charge in [0.05, 0.1) is 5.69 Å². The van der Waals surface area contributed by atoms with Gasteiger partial charge in [0.2, 0.25) is 0 Å². The van der Waals surface area contributed by atoms with E-state index in [0.29, 0.717) is 0 Å². The predicted octanol–water partition coefficient (Wildman–Crippen LogP) is 3.27. The molecular weight excluding hydrogens is 308 g/mol. The van der Waals surface area contributed by atoms with Gasteiger partial charge in [0.15, 0.2) is 0 Å². The zero-order chi connectivity index (χ0) is 13.1. The van der Waals surface area contributed by atoms with E-state index in [9.17, 15) is 22.4 Å². The second-order valence-corrected chi connectivity index (χ2v) is 3.87. The number of alkyl halides is 3. The second kappa shape index (κ2) is 5.35. The molecule has 0 saturated carbocycles. The van der Waals surface area contributed by atoms with E-state index in [1.54, 1.807) is 5.32 Å². The first-order chi connectivity index (χ1) is 7.79. The summed E-state index contributed by atoms with van der Waals surface area (Å²) >= 11 is 2.96. The Morgan fingerprint density at radius 2 is 2.00 bits per heavy atom. The van der Waals surface area contributed by atoms with Crippen molar-refractivity contribution in [3.8, 4) is 0 Å². The normalized spacial score (nSPS) is 11.1. The van der Waals surface area contributed by atoms with Crippen LogP contribution >= 0.6 is 15.9 Å². The fourth-order valence-electron chi connectivity index (χ4n) is 0.955. The Hall–Kier alpha value is -1.31. The molecule has 0 saturated heterocycles. The molecule has 1 rings (SSSR count). The van der Waals surface area contributed by atoms with Crippen molar-refractivity contribution in [1.82, 2.24) is 5.32 Å². The lowest BCUT2D eigenvalue weighted by atomic mass is 10.3. The van der Waals surface area contributed by atoms with Gasteiger partial charge in [0.1, 0.15) is 12.4 Å². The smallest absolute Gasteiger partial charge is 0.329 e. The minimum absolute atomic E-state index is 0.216. The van der Waals surface area contributed by atoms with Crippen molar-refractivity contribution in [2.75, 3.05) is 11.9 Å². The Bertz CT molecular complexity index is 402. The van der Waals surface area contributed by atoms with Crippen LogP contribution in [-0.2, 0) is 0 Å². The van der Waals surface area contributed by atoms with Crippen molar-refractivity contribution in [3.05, 3.63) is 28.5 Å². The SMILES string of the molecule is O=C(NCC(F)(F)F)Nc1c(F)cccc1Br. The number of carbonyl (C=O) groups is 1. The molecule has 8 heteroatoms. The number of carbonyl (C=O) groups excluding carboxylic acids is 1. The Balaban J connectivity index is 2.63. The molecule has 1 aromatic carbocycles. The molecule has 0 unspecified atom stereocenters. The van der Waals surface area contributed by atoms with E-state index in [0.717, 1.165) is 6.07 Å². The third-order valence-corrected chi connectivity index (χ3v) is 2.31. The highest BCUT2D eigenvalue weighted by atomic mass is 79.9. The summed E-state index contributed by atoms with van der Waals surface area (Å²) in [4.78, 5) is 11.1. The van der Waals surface area contributed by atoms with Gasteiger partial charge in [-0.25, -0.2) is 9.18 Å². The van der Waals surface area contributed by atoms with Crippen LogP contribution in [0.3, 0.4) is 0 Å². The first-order valence-electron chi connectivity index (χ1n) is 4.35. The summed E-state index contributed by atoms with van der Waals surface area (Å²) in [6, 6.07) is 2.78. The summed E-state index contributed by atoms with van der Waals surface area (Å²) in [5.41, 5.74) is -0.216. The molecule has 0 spiro atoms. The van der Waals surface area contributed by atoms with Crippen LogP contribution in [-0.4, -0.2) is 18.8 Å². The van der Waals surface area contributed by atoms with E-state index in [1.165, 1.54) is 12.1 Å². The maximum absolute atomic E-state index is 13.2. The quantitative estimate of drug-likeness (QED) is 0.808. The van der Waals surface area contributed by atoms with Crippen molar-refractivity contribution in [2.24, 2.45) is 0 Å². The van der Waals surface area contributed by atoms with Crippen LogP contribution in [0.4, 0.5) is 28.0 Å². The summed E-state index contributed by atoms with van der Waals surface area (Å²) in [5, 5.41) is 3.54. The summed E-state index contributed by atoms with van der Waals surface area (Å²) in [7, 11) is 0. The van der Waals surface area contributed by atoms with Crippen LogP contribution in [0.15, 0.2) is 22.7 Å². The summed E-state index contributed by atoms with van der Waals surface area (Å²) in [5.74, 6) is -0.749. The number of amides is 2. The van der Waals surface area contributed by atoms with E-state index < -0.39 is 24.6 Å². The Labute approximate surface area is 102 Å². The molecule has 1 aromatic rings. The number of halogens is 5. The number of anilines is 1. The molecule has 2 N–H and O–H groups in total. The number of hydrogen-bond donors (Lipinski definition) is 2. The van der Waals surface area contributed by atoms with Gasteiger partial charge < -0.3 is 10.6 Å². The van der Waals surface area contributed by atoms with E-state index in [-0.39, 0.29) is 10.2 Å². The van der Waals surface area contributed by atoms with E-state index >= 15 is 0 Å². The number of urea groups is 1. The molecule has 0 fully saturated rings. The molecule has 17 heavy (non-hydrogen) atoms. The number of nitrogens with one attached hydrogen (secondary N) is 2. The van der Waals surface area contributed by atoms with E-state index in [2.05, 4.69) is 15.9 Å². The summed E-state index contributed by atoms with van der Waals surface area (Å²) in [6.45, 7) is -1.48. The molecule has 0 aliphatic heterocycles. The highest BCUT2D eigenvalue weighted by Gasteiger charge is 2.27. The molecule has 3 nitrogen and oxygen atoms in total. The van der Waals surface area contributed by atoms with Gasteiger partial charge in [0.25, 0.3) is 0 Å². The fourth-order valence-corrected chi connectivity index (χ4v) is 1.40. The predicted molar refractivity (Wildman–Crippen MR) is 57.2 cm³/mol. The minimum atomic E-state index is -4.51. The van der Waals surface area contributed by atoms with Gasteiger partial charge in [0, 0.05) is 4.47 Å². The second-order valence-electron chi connectivity index (χ2n) is 3.02. The molecule has 2 amide bonds. The average Bonchev–Trinajstić information content (AvgIpc) is 2.20. The highest BCUT2D eigenvalue weighted by molar-refractivity contribution is 9.10. The van der Waals surface area contributed by atoms with Crippen molar-refractivity contribution < 1.29 is 22.4 Å². The third-order valence-electron chi connectivity index (χ3n) is 1.65. The van der Waals surface area contributed by atoms with Crippen molar-refractivity contribution >= 4 is 27.6 Å². The third kappa shape index (κ3) is 4.59. The first kappa shape index (κ1) is 13.8. The lowest BCUT2D eigenvalue weighted by molar-refractivity contribution is -0.122. The number of rotatable bonds is 2. The Kier molecular flexibility index (Phi) is 4.33. The van der Waals surface area contributed by atoms with E-state index in [1.807, 2.05) is 5.32 Å². The molecule has 0 aliphatic rings. The van der Waals surface area contributed by atoms with E-state index in [4.69, 9.17) is 0 Å². The zero-order valence-corrected chi connectivity index (χ0v) is 9.82. The minimum Gasteiger partial charge on any atom is -0.329 e. The Morgan fingerprint density at radius 1 is 1.35 bits per heavy atom. The number of para-hydroxylation sites is 1. The molecule has 0 heterocycles. The molecule has 0 aliphatic carbocycles.